The van der Waals surface area contributed by atoms with Crippen LogP contribution in [-0.2, 0) is 9.59 Å². The van der Waals surface area contributed by atoms with Crippen LogP contribution in [0, 0.1) is 5.41 Å². The quantitative estimate of drug-likeness (QED) is 0.748. The van der Waals surface area contributed by atoms with Crippen LogP contribution < -0.4 is 11.2 Å². The first-order chi connectivity index (χ1) is 9.14. The molecule has 1 aliphatic heterocycles. The molecule has 3 N–H and O–H groups in total. The summed E-state index contributed by atoms with van der Waals surface area (Å²) < 4.78 is 0. The lowest BCUT2D eigenvalue weighted by atomic mass is 9.73. The lowest BCUT2D eigenvalue weighted by Crippen LogP contribution is -2.38. The van der Waals surface area contributed by atoms with E-state index >= 15 is 0 Å². The molecular formula is C14H23N3O2. The van der Waals surface area contributed by atoms with Crippen molar-refractivity contribution < 1.29 is 9.59 Å². The Labute approximate surface area is 114 Å². The fourth-order valence-electron chi connectivity index (χ4n) is 2.92. The first kappa shape index (κ1) is 14.1. The van der Waals surface area contributed by atoms with E-state index in [1.165, 1.54) is 6.42 Å². The Morgan fingerprint density at radius 2 is 1.95 bits per heavy atom. The second-order valence-corrected chi connectivity index (χ2v) is 5.49. The highest BCUT2D eigenvalue weighted by molar-refractivity contribution is 5.83. The number of nitrogens with zero attached hydrogens (tertiary/aromatic N) is 1. The molecule has 0 unspecified atom stereocenters. The SMILES string of the molecule is NC(=O)C1(C=CCC(=O)N2CCCN2)CCCCC1. The van der Waals surface area contributed by atoms with Crippen LogP contribution in [0.3, 0.4) is 0 Å². The van der Waals surface area contributed by atoms with Gasteiger partial charge in [-0.25, -0.2) is 5.43 Å². The molecule has 2 fully saturated rings. The molecular weight excluding hydrogens is 242 g/mol. The zero-order valence-corrected chi connectivity index (χ0v) is 11.4. The number of carbonyl (C=O) groups is 2. The van der Waals surface area contributed by atoms with Crippen LogP contribution in [0.5, 0.6) is 0 Å². The van der Waals surface area contributed by atoms with Gasteiger partial charge in [-0.3, -0.25) is 14.6 Å². The summed E-state index contributed by atoms with van der Waals surface area (Å²) in [7, 11) is 0. The van der Waals surface area contributed by atoms with Crippen LogP contribution in [0.1, 0.15) is 44.9 Å². The third-order valence-corrected chi connectivity index (χ3v) is 4.13. The summed E-state index contributed by atoms with van der Waals surface area (Å²) >= 11 is 0. The maximum absolute atomic E-state index is 11.9. The molecule has 1 saturated heterocycles. The fourth-order valence-corrected chi connectivity index (χ4v) is 2.92. The van der Waals surface area contributed by atoms with Gasteiger partial charge in [0, 0.05) is 19.5 Å². The largest absolute Gasteiger partial charge is 0.369 e. The van der Waals surface area contributed by atoms with Crippen molar-refractivity contribution >= 4 is 11.8 Å². The summed E-state index contributed by atoms with van der Waals surface area (Å²) in [5.74, 6) is -0.195. The van der Waals surface area contributed by atoms with Crippen molar-refractivity contribution in [2.24, 2.45) is 11.1 Å². The molecule has 0 aromatic heterocycles. The number of hydrogen-bond donors (Lipinski definition) is 2. The van der Waals surface area contributed by atoms with Crippen LogP contribution in [0.25, 0.3) is 0 Å². The number of nitrogens with two attached hydrogens (primary N) is 1. The van der Waals surface area contributed by atoms with Gasteiger partial charge in [0.25, 0.3) is 0 Å². The number of hydrogen-bond acceptors (Lipinski definition) is 3. The Morgan fingerprint density at radius 1 is 1.21 bits per heavy atom. The number of rotatable bonds is 4. The second-order valence-electron chi connectivity index (χ2n) is 5.49. The Morgan fingerprint density at radius 3 is 2.53 bits per heavy atom. The molecule has 2 rings (SSSR count). The van der Waals surface area contributed by atoms with Crippen molar-refractivity contribution in [2.45, 2.75) is 44.9 Å². The Hall–Kier alpha value is -1.36. The fraction of sp³-hybridized carbons (Fsp3) is 0.714. The number of nitrogens with one attached hydrogen (secondary N) is 1. The van der Waals surface area contributed by atoms with Crippen molar-refractivity contribution in [3.63, 3.8) is 0 Å². The van der Waals surface area contributed by atoms with E-state index in [4.69, 9.17) is 5.73 Å². The molecule has 2 amide bonds. The van der Waals surface area contributed by atoms with E-state index in [0.717, 1.165) is 45.2 Å². The molecule has 106 valence electrons. The van der Waals surface area contributed by atoms with Crippen LogP contribution in [-0.4, -0.2) is 29.9 Å². The van der Waals surface area contributed by atoms with Gasteiger partial charge >= 0.3 is 0 Å². The van der Waals surface area contributed by atoms with Crippen molar-refractivity contribution in [1.82, 2.24) is 10.4 Å². The topological polar surface area (TPSA) is 75.4 Å². The molecule has 5 nitrogen and oxygen atoms in total. The van der Waals surface area contributed by atoms with Gasteiger partial charge in [0.05, 0.1) is 5.41 Å². The zero-order valence-electron chi connectivity index (χ0n) is 11.4. The highest BCUT2D eigenvalue weighted by Crippen LogP contribution is 2.37. The van der Waals surface area contributed by atoms with Gasteiger partial charge in [0.1, 0.15) is 0 Å². The lowest BCUT2D eigenvalue weighted by Gasteiger charge is -2.31. The normalized spacial score (nSPS) is 22.8. The van der Waals surface area contributed by atoms with E-state index in [0.29, 0.717) is 6.42 Å². The Balaban J connectivity index is 1.91. The summed E-state index contributed by atoms with van der Waals surface area (Å²) in [4.78, 5) is 23.5. The summed E-state index contributed by atoms with van der Waals surface area (Å²) in [6.45, 7) is 1.63. The third kappa shape index (κ3) is 3.35. The highest BCUT2D eigenvalue weighted by Gasteiger charge is 2.35. The maximum atomic E-state index is 11.9. The van der Waals surface area contributed by atoms with E-state index in [-0.39, 0.29) is 11.8 Å². The van der Waals surface area contributed by atoms with Gasteiger partial charge in [0.2, 0.25) is 11.8 Å². The first-order valence-corrected chi connectivity index (χ1v) is 7.15. The summed E-state index contributed by atoms with van der Waals surface area (Å²) in [6.07, 6.45) is 9.90. The Bertz CT molecular complexity index is 367. The standard InChI is InChI=1S/C14H23N3O2/c15-13(19)14(7-2-1-3-8-14)9-4-6-12(18)17-11-5-10-16-17/h4,9,16H,1-3,5-8,10-11H2,(H2,15,19). The van der Waals surface area contributed by atoms with Crippen molar-refractivity contribution in [2.75, 3.05) is 13.1 Å². The van der Waals surface area contributed by atoms with Crippen LogP contribution in [0.4, 0.5) is 0 Å². The van der Waals surface area contributed by atoms with Crippen molar-refractivity contribution in [3.05, 3.63) is 12.2 Å². The van der Waals surface area contributed by atoms with Gasteiger partial charge in [0.15, 0.2) is 0 Å². The predicted molar refractivity (Wildman–Crippen MR) is 72.8 cm³/mol. The maximum Gasteiger partial charge on any atom is 0.240 e. The van der Waals surface area contributed by atoms with Crippen molar-refractivity contribution in [1.29, 1.82) is 0 Å². The molecule has 0 aromatic rings. The number of hydrazine groups is 1. The molecule has 0 bridgehead atoms. The van der Waals surface area contributed by atoms with E-state index < -0.39 is 5.41 Å². The van der Waals surface area contributed by atoms with Gasteiger partial charge in [-0.2, -0.15) is 0 Å². The zero-order chi connectivity index (χ0) is 13.7. The minimum atomic E-state index is -0.517. The monoisotopic (exact) mass is 265 g/mol. The minimum Gasteiger partial charge on any atom is -0.369 e. The van der Waals surface area contributed by atoms with Gasteiger partial charge < -0.3 is 5.73 Å². The molecule has 0 aromatic carbocycles. The average molecular weight is 265 g/mol. The molecule has 1 heterocycles. The molecule has 0 atom stereocenters. The van der Waals surface area contributed by atoms with Crippen LogP contribution >= 0.6 is 0 Å². The molecule has 5 heteroatoms. The number of primary amides is 1. The van der Waals surface area contributed by atoms with Crippen molar-refractivity contribution in [3.8, 4) is 0 Å². The molecule has 2 aliphatic rings. The smallest absolute Gasteiger partial charge is 0.240 e. The molecule has 1 saturated carbocycles. The van der Waals surface area contributed by atoms with E-state index in [1.807, 2.05) is 12.2 Å². The average Bonchev–Trinajstić information content (AvgIpc) is 2.93. The summed E-state index contributed by atoms with van der Waals surface area (Å²) in [5.41, 5.74) is 8.06. The molecule has 0 spiro atoms. The minimum absolute atomic E-state index is 0.0594. The molecule has 1 aliphatic carbocycles. The van der Waals surface area contributed by atoms with Gasteiger partial charge in [-0.15, -0.1) is 0 Å². The van der Waals surface area contributed by atoms with E-state index in [9.17, 15) is 9.59 Å². The van der Waals surface area contributed by atoms with Gasteiger partial charge in [-0.05, 0) is 19.3 Å². The first-order valence-electron chi connectivity index (χ1n) is 7.15. The van der Waals surface area contributed by atoms with Gasteiger partial charge in [-0.1, -0.05) is 31.4 Å². The third-order valence-electron chi connectivity index (χ3n) is 4.13. The van der Waals surface area contributed by atoms with Crippen LogP contribution in [0.2, 0.25) is 0 Å². The number of carbonyl (C=O) groups excluding carboxylic acids is 2. The predicted octanol–water partition coefficient (Wildman–Crippen LogP) is 1.11. The molecule has 19 heavy (non-hydrogen) atoms. The summed E-state index contributed by atoms with van der Waals surface area (Å²) in [5, 5.41) is 1.65. The van der Waals surface area contributed by atoms with E-state index in [1.54, 1.807) is 5.01 Å². The molecule has 0 radical (unpaired) electrons. The number of amides is 2. The Kier molecular flexibility index (Phi) is 4.58. The lowest BCUT2D eigenvalue weighted by molar-refractivity contribution is -0.132. The summed E-state index contributed by atoms with van der Waals surface area (Å²) in [6, 6.07) is 0. The van der Waals surface area contributed by atoms with E-state index in [2.05, 4.69) is 5.43 Å². The highest BCUT2D eigenvalue weighted by atomic mass is 16.2. The second kappa shape index (κ2) is 6.19. The van der Waals surface area contributed by atoms with Crippen LogP contribution in [0.15, 0.2) is 12.2 Å².